The van der Waals surface area contributed by atoms with Crippen LogP contribution in [-0.4, -0.2) is 60.9 Å². The molecule has 0 radical (unpaired) electrons. The second-order valence-electron chi connectivity index (χ2n) is 9.72. The van der Waals surface area contributed by atoms with Crippen LogP contribution in [-0.2, 0) is 39.5 Å². The number of hydrogen-bond acceptors (Lipinski definition) is 10. The molecule has 40 heavy (non-hydrogen) atoms. The maximum atomic E-state index is 14.4. The third kappa shape index (κ3) is 2.92. The Balaban J connectivity index is 1.96. The molecular formula is C26H24N4O10. The molecule has 208 valence electrons. The van der Waals surface area contributed by atoms with Crippen molar-refractivity contribution < 1.29 is 38.5 Å². The van der Waals surface area contributed by atoms with Crippen molar-refractivity contribution in [3.8, 4) is 0 Å². The molecule has 1 aliphatic carbocycles. The van der Waals surface area contributed by atoms with Crippen molar-refractivity contribution in [1.29, 1.82) is 0 Å². The Morgan fingerprint density at radius 3 is 1.43 bits per heavy atom. The fraction of sp³-hybridized carbons (Fsp3) is 0.385. The van der Waals surface area contributed by atoms with Gasteiger partial charge in [-0.2, -0.15) is 0 Å². The van der Waals surface area contributed by atoms with Crippen LogP contribution in [0.25, 0.3) is 0 Å². The molecule has 2 heterocycles. The number of fused-ring (bicyclic) bond motifs is 5. The Kier molecular flexibility index (Phi) is 5.89. The fourth-order valence-corrected chi connectivity index (χ4v) is 6.82. The normalized spacial score (nSPS) is 26.0. The predicted molar refractivity (Wildman–Crippen MR) is 137 cm³/mol. The lowest BCUT2D eigenvalue weighted by Crippen LogP contribution is -2.80. The first-order valence-electron chi connectivity index (χ1n) is 12.4. The summed E-state index contributed by atoms with van der Waals surface area (Å²) in [5, 5.41) is 23.6. The molecular weight excluding hydrogens is 528 g/mol. The molecule has 0 bridgehead atoms. The first-order valence-corrected chi connectivity index (χ1v) is 12.4. The minimum atomic E-state index is -2.21. The van der Waals surface area contributed by atoms with Crippen LogP contribution in [0.5, 0.6) is 0 Å². The summed E-state index contributed by atoms with van der Waals surface area (Å²) in [5.74, 6) is -6.81. The number of rotatable bonds is 6. The quantitative estimate of drug-likeness (QED) is 0.292. The van der Waals surface area contributed by atoms with Gasteiger partial charge in [-0.3, -0.25) is 39.4 Å². The van der Waals surface area contributed by atoms with Gasteiger partial charge in [0.2, 0.25) is 11.8 Å². The minimum Gasteiger partial charge on any atom is -0.466 e. The predicted octanol–water partition coefficient (Wildman–Crippen LogP) is 2.00. The number of ether oxygens (including phenoxy) is 2. The van der Waals surface area contributed by atoms with E-state index in [-0.39, 0.29) is 35.7 Å². The maximum absolute atomic E-state index is 14.4. The highest BCUT2D eigenvalue weighted by atomic mass is 16.6. The van der Waals surface area contributed by atoms with Gasteiger partial charge in [-0.25, -0.2) is 0 Å². The van der Waals surface area contributed by atoms with Crippen LogP contribution in [0.4, 0.5) is 22.7 Å². The summed E-state index contributed by atoms with van der Waals surface area (Å²) in [7, 11) is 2.76. The number of amides is 2. The van der Waals surface area contributed by atoms with Crippen molar-refractivity contribution in [3.05, 3.63) is 67.8 Å². The van der Waals surface area contributed by atoms with Crippen molar-refractivity contribution in [2.45, 2.75) is 24.7 Å². The molecule has 3 aliphatic rings. The Morgan fingerprint density at radius 1 is 0.775 bits per heavy atom. The molecule has 4 atom stereocenters. The lowest BCUT2D eigenvalue weighted by Gasteiger charge is -2.61. The fourth-order valence-electron chi connectivity index (χ4n) is 6.82. The van der Waals surface area contributed by atoms with Crippen LogP contribution in [0, 0.1) is 32.1 Å². The zero-order valence-corrected chi connectivity index (χ0v) is 21.9. The number of benzene rings is 2. The topological polar surface area (TPSA) is 180 Å². The number of nitrogens with zero attached hydrogens (tertiary/aromatic N) is 4. The summed E-state index contributed by atoms with van der Waals surface area (Å²) in [6.45, 7) is 2.78. The van der Waals surface area contributed by atoms with Crippen molar-refractivity contribution >= 4 is 46.5 Å². The number of carbonyl (C=O) groups is 4. The van der Waals surface area contributed by atoms with Crippen LogP contribution in [0.3, 0.4) is 0 Å². The van der Waals surface area contributed by atoms with Crippen LogP contribution >= 0.6 is 0 Å². The van der Waals surface area contributed by atoms with Crippen molar-refractivity contribution in [2.75, 3.05) is 37.1 Å². The number of nitro groups is 2. The highest BCUT2D eigenvalue weighted by Gasteiger charge is 2.88. The van der Waals surface area contributed by atoms with Gasteiger partial charge < -0.3 is 19.3 Å². The largest absolute Gasteiger partial charge is 0.466 e. The van der Waals surface area contributed by atoms with Crippen LogP contribution in [0.1, 0.15) is 25.0 Å². The number of likely N-dealkylation sites (N-methyl/N-ethyl adjacent to an activating group) is 2. The average Bonchev–Trinajstić information content (AvgIpc) is 3.28. The lowest BCUT2D eigenvalue weighted by molar-refractivity contribution is -0.385. The van der Waals surface area contributed by atoms with E-state index in [1.807, 2.05) is 0 Å². The molecule has 5 rings (SSSR count). The van der Waals surface area contributed by atoms with E-state index in [1.54, 1.807) is 0 Å². The monoisotopic (exact) mass is 552 g/mol. The number of non-ortho nitro benzene ring substituents is 2. The summed E-state index contributed by atoms with van der Waals surface area (Å²) in [6, 6.07) is 7.22. The lowest BCUT2D eigenvalue weighted by atomic mass is 9.34. The summed E-state index contributed by atoms with van der Waals surface area (Å²) in [6.07, 6.45) is 0. The average molecular weight is 552 g/mol. The molecule has 0 saturated heterocycles. The Morgan fingerprint density at radius 2 is 1.12 bits per heavy atom. The number of carbonyl (C=O) groups excluding carboxylic acids is 4. The Hall–Kier alpha value is -4.88. The van der Waals surface area contributed by atoms with E-state index in [1.165, 1.54) is 52.2 Å². The number of hydrogen-bond donors (Lipinski definition) is 0. The van der Waals surface area contributed by atoms with Crippen LogP contribution < -0.4 is 9.80 Å². The molecule has 2 aliphatic heterocycles. The molecule has 2 amide bonds. The smallest absolute Gasteiger partial charge is 0.311 e. The van der Waals surface area contributed by atoms with E-state index in [9.17, 15) is 39.4 Å². The molecule has 0 aromatic heterocycles. The standard InChI is InChI=1S/C26H24N4O10/c1-5-39-21(31)19-20(22(32)40-6-2)26(16-12-14(30(37)38)8-10-18(16)28(4)24(26)34)25(19)15-11-13(29(35)36)7-9-17(15)27(3)23(25)33/h7-12,19-20H,5-6H2,1-4H3/t19-,20-,25+,26+/m0/s1. The Bertz CT molecular complexity index is 1430. The van der Waals surface area contributed by atoms with E-state index in [0.29, 0.717) is 0 Å². The van der Waals surface area contributed by atoms with Gasteiger partial charge in [0.15, 0.2) is 0 Å². The first-order chi connectivity index (χ1) is 18.9. The van der Waals surface area contributed by atoms with Gasteiger partial charge in [0.05, 0.1) is 34.9 Å². The molecule has 0 unspecified atom stereocenters. The molecule has 2 aromatic rings. The molecule has 0 N–H and O–H groups in total. The van der Waals surface area contributed by atoms with E-state index in [0.717, 1.165) is 21.9 Å². The van der Waals surface area contributed by atoms with Gasteiger partial charge in [0.25, 0.3) is 11.4 Å². The molecule has 2 aromatic carbocycles. The van der Waals surface area contributed by atoms with E-state index in [4.69, 9.17) is 9.47 Å². The second kappa shape index (κ2) is 8.83. The zero-order valence-electron chi connectivity index (χ0n) is 21.9. The molecule has 1 fully saturated rings. The van der Waals surface area contributed by atoms with Gasteiger partial charge in [-0.05, 0) is 26.0 Å². The van der Waals surface area contributed by atoms with Crippen molar-refractivity contribution in [3.63, 3.8) is 0 Å². The summed E-state index contributed by atoms with van der Waals surface area (Å²) in [5.41, 5.74) is -4.96. The van der Waals surface area contributed by atoms with Crippen molar-refractivity contribution in [2.24, 2.45) is 11.8 Å². The van der Waals surface area contributed by atoms with E-state index < -0.39 is 67.6 Å². The van der Waals surface area contributed by atoms with Gasteiger partial charge in [-0.15, -0.1) is 0 Å². The van der Waals surface area contributed by atoms with E-state index >= 15 is 0 Å². The first kappa shape index (κ1) is 26.7. The SMILES string of the molecule is CCOC(=O)[C@@H]1[C@@H](C(=O)OCC)[C@]2(C(=O)N(C)c3ccc([N+](=O)[O-])cc32)[C@@]12C(=O)N(C)c1ccc([N+](=O)[O-])cc12. The number of esters is 2. The highest BCUT2D eigenvalue weighted by Crippen LogP contribution is 2.74. The zero-order chi connectivity index (χ0) is 29.3. The van der Waals surface area contributed by atoms with Crippen LogP contribution in [0.2, 0.25) is 0 Å². The van der Waals surface area contributed by atoms with Gasteiger partial charge >= 0.3 is 11.9 Å². The summed E-state index contributed by atoms with van der Waals surface area (Å²) < 4.78 is 10.6. The third-order valence-corrected chi connectivity index (χ3v) is 8.21. The van der Waals surface area contributed by atoms with E-state index in [2.05, 4.69) is 0 Å². The summed E-state index contributed by atoms with van der Waals surface area (Å²) >= 11 is 0. The minimum absolute atomic E-state index is 0.0334. The molecule has 14 nitrogen and oxygen atoms in total. The molecule has 2 spiro atoms. The summed E-state index contributed by atoms with van der Waals surface area (Å²) in [4.78, 5) is 80.7. The molecule has 14 heteroatoms. The second-order valence-corrected chi connectivity index (χ2v) is 9.72. The van der Waals surface area contributed by atoms with Crippen LogP contribution in [0.15, 0.2) is 36.4 Å². The number of anilines is 2. The third-order valence-electron chi connectivity index (χ3n) is 8.21. The highest BCUT2D eigenvalue weighted by molar-refractivity contribution is 6.24. The number of nitro benzene ring substituents is 2. The van der Waals surface area contributed by atoms with Gasteiger partial charge in [0.1, 0.15) is 10.8 Å². The molecule has 1 saturated carbocycles. The Labute approximate surface area is 226 Å². The van der Waals surface area contributed by atoms with Gasteiger partial charge in [-0.1, -0.05) is 0 Å². The maximum Gasteiger partial charge on any atom is 0.311 e. The van der Waals surface area contributed by atoms with Crippen molar-refractivity contribution in [1.82, 2.24) is 0 Å². The van der Waals surface area contributed by atoms with Gasteiger partial charge in [0, 0.05) is 60.9 Å².